The second kappa shape index (κ2) is 9.65. The number of hydrogen-bond acceptors (Lipinski definition) is 6. The molecular formula is C29H21N3O4. The summed E-state index contributed by atoms with van der Waals surface area (Å²) in [6, 6.07) is 25.5. The second-order valence-electron chi connectivity index (χ2n) is 8.01. The van der Waals surface area contributed by atoms with Crippen LogP contribution in [0.4, 0.5) is 5.69 Å². The van der Waals surface area contributed by atoms with E-state index in [-0.39, 0.29) is 5.91 Å². The Morgan fingerprint density at radius 1 is 0.861 bits per heavy atom. The van der Waals surface area contributed by atoms with Gasteiger partial charge in [-0.15, -0.1) is 0 Å². The van der Waals surface area contributed by atoms with E-state index in [1.165, 1.54) is 0 Å². The van der Waals surface area contributed by atoms with Crippen LogP contribution >= 0.6 is 0 Å². The number of nitrogens with zero attached hydrogens (tertiary/aromatic N) is 2. The number of benzene rings is 4. The molecule has 0 radical (unpaired) electrons. The molecule has 0 saturated carbocycles. The maximum atomic E-state index is 12.6. The van der Waals surface area contributed by atoms with Gasteiger partial charge in [-0.25, -0.2) is 0 Å². The molecule has 0 aliphatic carbocycles. The summed E-state index contributed by atoms with van der Waals surface area (Å²) in [7, 11) is 3.17. The van der Waals surface area contributed by atoms with Crippen molar-refractivity contribution >= 4 is 33.3 Å². The molecule has 1 aromatic heterocycles. The Bertz CT molecular complexity index is 1660. The van der Waals surface area contributed by atoms with E-state index in [0.717, 1.165) is 21.7 Å². The van der Waals surface area contributed by atoms with E-state index in [1.54, 1.807) is 50.7 Å². The summed E-state index contributed by atoms with van der Waals surface area (Å²) < 4.78 is 17.0. The zero-order valence-electron chi connectivity index (χ0n) is 19.6. The molecule has 1 N–H and O–H groups in total. The predicted octanol–water partition coefficient (Wildman–Crippen LogP) is 6.32. The number of nitrogens with one attached hydrogen (secondary N) is 1. The highest BCUT2D eigenvalue weighted by atomic mass is 16.5. The van der Waals surface area contributed by atoms with E-state index in [9.17, 15) is 4.79 Å². The van der Waals surface area contributed by atoms with Gasteiger partial charge in [0.1, 0.15) is 11.5 Å². The van der Waals surface area contributed by atoms with Crippen LogP contribution in [0.1, 0.15) is 15.9 Å². The Balaban J connectivity index is 1.40. The minimum absolute atomic E-state index is 0.275. The molecule has 5 rings (SSSR count). The standard InChI is InChI=1S/C29H21N3O4/c1-34-27-15-24-25(16-28(27)35-2)31-11-10-26(24)36-23-9-7-19-13-22(8-6-20(19)14-23)32-29(33)21-5-3-4-18(12-21)17-30/h3-16H,1-2H3,(H,32,33). The number of hydrogen-bond donors (Lipinski definition) is 1. The number of fused-ring (bicyclic) bond motifs is 2. The van der Waals surface area contributed by atoms with Crippen LogP contribution in [0, 0.1) is 11.3 Å². The van der Waals surface area contributed by atoms with Crippen LogP contribution in [-0.4, -0.2) is 25.1 Å². The molecule has 0 atom stereocenters. The fourth-order valence-corrected chi connectivity index (χ4v) is 3.96. The Labute approximate surface area is 207 Å². The van der Waals surface area contributed by atoms with E-state index in [2.05, 4.69) is 10.3 Å². The first-order chi connectivity index (χ1) is 17.6. The summed E-state index contributed by atoms with van der Waals surface area (Å²) in [5, 5.41) is 14.6. The monoisotopic (exact) mass is 475 g/mol. The van der Waals surface area contributed by atoms with Crippen molar-refractivity contribution in [2.75, 3.05) is 19.5 Å². The molecule has 1 amide bonds. The lowest BCUT2D eigenvalue weighted by molar-refractivity contribution is 0.102. The largest absolute Gasteiger partial charge is 0.493 e. The SMILES string of the molecule is COc1cc2nccc(Oc3ccc4cc(NC(=O)c5cccc(C#N)c5)ccc4c3)c2cc1OC. The van der Waals surface area contributed by atoms with Gasteiger partial charge in [-0.2, -0.15) is 5.26 Å². The first-order valence-electron chi connectivity index (χ1n) is 11.1. The summed E-state index contributed by atoms with van der Waals surface area (Å²) in [5.41, 5.74) is 2.25. The van der Waals surface area contributed by atoms with Gasteiger partial charge in [0.15, 0.2) is 11.5 Å². The maximum absolute atomic E-state index is 12.6. The minimum atomic E-state index is -0.275. The van der Waals surface area contributed by atoms with Gasteiger partial charge in [0.25, 0.3) is 5.91 Å². The van der Waals surface area contributed by atoms with E-state index in [1.807, 2.05) is 54.6 Å². The molecule has 0 unspecified atom stereocenters. The smallest absolute Gasteiger partial charge is 0.255 e. The Morgan fingerprint density at radius 2 is 1.64 bits per heavy atom. The summed E-state index contributed by atoms with van der Waals surface area (Å²) >= 11 is 0. The quantitative estimate of drug-likeness (QED) is 0.309. The van der Waals surface area contributed by atoms with Gasteiger partial charge >= 0.3 is 0 Å². The molecule has 0 spiro atoms. The summed E-state index contributed by atoms with van der Waals surface area (Å²) in [4.78, 5) is 17.0. The normalized spacial score (nSPS) is 10.6. The van der Waals surface area contributed by atoms with Crippen molar-refractivity contribution in [2.24, 2.45) is 0 Å². The predicted molar refractivity (Wildman–Crippen MR) is 138 cm³/mol. The number of amides is 1. The fourth-order valence-electron chi connectivity index (χ4n) is 3.96. The molecule has 176 valence electrons. The Hall–Kier alpha value is -5.09. The molecule has 5 aromatic rings. The average molecular weight is 476 g/mol. The molecule has 0 aliphatic heterocycles. The third-order valence-corrected chi connectivity index (χ3v) is 5.76. The molecule has 1 heterocycles. The van der Waals surface area contributed by atoms with Crippen LogP contribution in [0.5, 0.6) is 23.0 Å². The lowest BCUT2D eigenvalue weighted by Crippen LogP contribution is -2.11. The van der Waals surface area contributed by atoms with Crippen molar-refractivity contribution in [3.8, 4) is 29.1 Å². The number of nitriles is 1. The van der Waals surface area contributed by atoms with Crippen molar-refractivity contribution in [3.63, 3.8) is 0 Å². The molecule has 36 heavy (non-hydrogen) atoms. The van der Waals surface area contributed by atoms with Gasteiger partial charge < -0.3 is 19.5 Å². The highest BCUT2D eigenvalue weighted by molar-refractivity contribution is 6.05. The van der Waals surface area contributed by atoms with Crippen LogP contribution in [-0.2, 0) is 0 Å². The van der Waals surface area contributed by atoms with Crippen molar-refractivity contribution in [2.45, 2.75) is 0 Å². The van der Waals surface area contributed by atoms with Gasteiger partial charge in [-0.1, -0.05) is 18.2 Å². The zero-order valence-corrected chi connectivity index (χ0v) is 19.6. The third-order valence-electron chi connectivity index (χ3n) is 5.76. The van der Waals surface area contributed by atoms with Gasteiger partial charge in [0.2, 0.25) is 0 Å². The van der Waals surface area contributed by atoms with E-state index in [0.29, 0.717) is 39.8 Å². The number of aromatic nitrogens is 1. The summed E-state index contributed by atoms with van der Waals surface area (Å²) in [6.07, 6.45) is 1.69. The fraction of sp³-hybridized carbons (Fsp3) is 0.0690. The van der Waals surface area contributed by atoms with Crippen molar-refractivity contribution in [1.82, 2.24) is 4.98 Å². The zero-order chi connectivity index (χ0) is 25.1. The molecule has 4 aromatic carbocycles. The molecule has 0 aliphatic rings. The third kappa shape index (κ3) is 4.48. The Kier molecular flexibility index (Phi) is 6.08. The first-order valence-corrected chi connectivity index (χ1v) is 11.1. The summed E-state index contributed by atoms with van der Waals surface area (Å²) in [5.74, 6) is 2.22. The van der Waals surface area contributed by atoms with Crippen LogP contribution in [0.15, 0.2) is 85.1 Å². The van der Waals surface area contributed by atoms with Crippen molar-refractivity contribution in [1.29, 1.82) is 5.26 Å². The highest BCUT2D eigenvalue weighted by Gasteiger charge is 2.12. The molecule has 0 fully saturated rings. The van der Waals surface area contributed by atoms with Crippen molar-refractivity contribution in [3.05, 3.63) is 96.2 Å². The molecule has 0 saturated heterocycles. The van der Waals surface area contributed by atoms with E-state index in [4.69, 9.17) is 19.5 Å². The average Bonchev–Trinajstić information content (AvgIpc) is 2.92. The molecule has 7 nitrogen and oxygen atoms in total. The van der Waals surface area contributed by atoms with E-state index >= 15 is 0 Å². The van der Waals surface area contributed by atoms with Gasteiger partial charge in [0.05, 0.1) is 31.4 Å². The summed E-state index contributed by atoms with van der Waals surface area (Å²) in [6.45, 7) is 0. The molecule has 0 bridgehead atoms. The number of methoxy groups -OCH3 is 2. The number of pyridine rings is 1. The van der Waals surface area contributed by atoms with Crippen LogP contribution < -0.4 is 19.5 Å². The second-order valence-corrected chi connectivity index (χ2v) is 8.01. The minimum Gasteiger partial charge on any atom is -0.493 e. The first kappa shape index (κ1) is 22.7. The van der Waals surface area contributed by atoms with Gasteiger partial charge in [-0.3, -0.25) is 9.78 Å². The number of ether oxygens (including phenoxy) is 3. The van der Waals surface area contributed by atoms with Gasteiger partial charge in [0, 0.05) is 28.9 Å². The Morgan fingerprint density at radius 3 is 2.44 bits per heavy atom. The molecule has 7 heteroatoms. The van der Waals surface area contributed by atoms with E-state index < -0.39 is 0 Å². The van der Waals surface area contributed by atoms with Crippen LogP contribution in [0.2, 0.25) is 0 Å². The topological polar surface area (TPSA) is 93.5 Å². The highest BCUT2D eigenvalue weighted by Crippen LogP contribution is 2.37. The number of carbonyl (C=O) groups excluding carboxylic acids is 1. The molecular weight excluding hydrogens is 454 g/mol. The van der Waals surface area contributed by atoms with Crippen LogP contribution in [0.3, 0.4) is 0 Å². The maximum Gasteiger partial charge on any atom is 0.255 e. The number of carbonyl (C=O) groups is 1. The number of anilines is 1. The lowest BCUT2D eigenvalue weighted by Gasteiger charge is -2.13. The lowest BCUT2D eigenvalue weighted by atomic mass is 10.1. The number of rotatable bonds is 6. The van der Waals surface area contributed by atoms with Crippen LogP contribution in [0.25, 0.3) is 21.7 Å². The van der Waals surface area contributed by atoms with Crippen molar-refractivity contribution < 1.29 is 19.0 Å². The van der Waals surface area contributed by atoms with Gasteiger partial charge in [-0.05, 0) is 65.4 Å².